The summed E-state index contributed by atoms with van der Waals surface area (Å²) >= 11 is 0. The van der Waals surface area contributed by atoms with Crippen molar-refractivity contribution in [2.75, 3.05) is 0 Å². The average molecular weight is 433 g/mol. The van der Waals surface area contributed by atoms with Gasteiger partial charge in [0.1, 0.15) is 0 Å². The zero-order valence-electron chi connectivity index (χ0n) is 19.6. The molecule has 0 aromatic rings. The molecular formula is C21H44O5Si2. The van der Waals surface area contributed by atoms with Gasteiger partial charge in [0.05, 0.1) is 20.4 Å². The van der Waals surface area contributed by atoms with Crippen LogP contribution in [-0.2, 0) is 14.0 Å². The molecule has 0 saturated heterocycles. The van der Waals surface area contributed by atoms with Gasteiger partial charge in [-0.25, -0.2) is 0 Å². The molecule has 0 aliphatic carbocycles. The number of carbonyl (C=O) groups is 2. The maximum atomic E-state index is 11.3. The van der Waals surface area contributed by atoms with Gasteiger partial charge in [-0.2, -0.15) is 0 Å². The highest BCUT2D eigenvalue weighted by Gasteiger charge is 2.48. The van der Waals surface area contributed by atoms with Crippen LogP contribution in [0.5, 0.6) is 0 Å². The van der Waals surface area contributed by atoms with E-state index in [1.807, 2.05) is 0 Å². The van der Waals surface area contributed by atoms with Crippen LogP contribution in [0.3, 0.4) is 0 Å². The standard InChI is InChI=1S/C21H44O5Si2/c1-10-11-15-27(6,7)21(4,5)26-28(8,9)20(2,3)14-12-13-17(19(24)25)16-18(22)23/h17H,10-16H2,1-9H3,(H,22,23)(H,24,25). The Kier molecular flexibility index (Phi) is 10.1. The minimum Gasteiger partial charge on any atom is -0.481 e. The van der Waals surface area contributed by atoms with Gasteiger partial charge in [-0.15, -0.1) is 0 Å². The lowest BCUT2D eigenvalue weighted by Gasteiger charge is -2.50. The first-order valence-corrected chi connectivity index (χ1v) is 16.8. The first-order valence-electron chi connectivity index (χ1n) is 10.6. The molecule has 0 bridgehead atoms. The molecule has 1 atom stereocenters. The number of aliphatic carboxylic acids is 2. The maximum Gasteiger partial charge on any atom is 0.307 e. The summed E-state index contributed by atoms with van der Waals surface area (Å²) in [6.45, 7) is 20.6. The van der Waals surface area contributed by atoms with E-state index in [2.05, 4.69) is 60.8 Å². The molecular weight excluding hydrogens is 388 g/mol. The van der Waals surface area contributed by atoms with Gasteiger partial charge in [-0.3, -0.25) is 9.59 Å². The van der Waals surface area contributed by atoms with Crippen LogP contribution in [0.1, 0.15) is 73.1 Å². The molecule has 7 heteroatoms. The summed E-state index contributed by atoms with van der Waals surface area (Å²) in [4.78, 5) is 22.2. The van der Waals surface area contributed by atoms with Crippen LogP contribution in [0.15, 0.2) is 0 Å². The Morgan fingerprint density at radius 2 is 1.54 bits per heavy atom. The summed E-state index contributed by atoms with van der Waals surface area (Å²) in [6.07, 6.45) is 4.10. The van der Waals surface area contributed by atoms with E-state index >= 15 is 0 Å². The Bertz CT molecular complexity index is 527. The molecule has 0 radical (unpaired) electrons. The molecule has 0 aliphatic rings. The fraction of sp³-hybridized carbons (Fsp3) is 0.905. The molecule has 2 N–H and O–H groups in total. The predicted molar refractivity (Wildman–Crippen MR) is 121 cm³/mol. The van der Waals surface area contributed by atoms with Crippen molar-refractivity contribution >= 4 is 28.3 Å². The second-order valence-corrected chi connectivity index (χ2v) is 20.6. The van der Waals surface area contributed by atoms with Crippen LogP contribution in [0.2, 0.25) is 37.3 Å². The quantitative estimate of drug-likeness (QED) is 0.321. The van der Waals surface area contributed by atoms with Crippen LogP contribution in [0, 0.1) is 5.92 Å². The number of rotatable bonds is 14. The third-order valence-electron chi connectivity index (χ3n) is 7.05. The van der Waals surface area contributed by atoms with E-state index in [-0.39, 0.29) is 16.7 Å². The zero-order valence-corrected chi connectivity index (χ0v) is 21.6. The minimum absolute atomic E-state index is 0.0220. The topological polar surface area (TPSA) is 83.8 Å². The second-order valence-electron chi connectivity index (χ2n) is 10.5. The van der Waals surface area contributed by atoms with Crippen LogP contribution in [0.25, 0.3) is 0 Å². The van der Waals surface area contributed by atoms with Crippen molar-refractivity contribution < 1.29 is 24.2 Å². The van der Waals surface area contributed by atoms with Gasteiger partial charge in [0.25, 0.3) is 0 Å². The molecule has 0 rings (SSSR count). The summed E-state index contributed by atoms with van der Waals surface area (Å²) in [5, 5.41) is 18.0. The smallest absolute Gasteiger partial charge is 0.307 e. The number of carboxylic acid groups (broad SMARTS) is 2. The average Bonchev–Trinajstić information content (AvgIpc) is 2.50. The second kappa shape index (κ2) is 10.4. The van der Waals surface area contributed by atoms with Gasteiger partial charge >= 0.3 is 11.9 Å². The molecule has 28 heavy (non-hydrogen) atoms. The summed E-state index contributed by atoms with van der Waals surface area (Å²) < 4.78 is 6.91. The van der Waals surface area contributed by atoms with Gasteiger partial charge in [-0.05, 0) is 44.8 Å². The highest BCUT2D eigenvalue weighted by Crippen LogP contribution is 2.46. The zero-order chi connectivity index (χ0) is 22.4. The van der Waals surface area contributed by atoms with Crippen LogP contribution < -0.4 is 0 Å². The summed E-state index contributed by atoms with van der Waals surface area (Å²) in [7, 11) is -3.63. The van der Waals surface area contributed by atoms with Crippen molar-refractivity contribution in [2.24, 2.45) is 5.92 Å². The SMILES string of the molecule is CCCC[Si](C)(C)C(C)(C)O[Si](C)(C)C(C)(C)CCCC(CC(=O)O)C(=O)O. The molecule has 0 amide bonds. The maximum absolute atomic E-state index is 11.3. The lowest BCUT2D eigenvalue weighted by Crippen LogP contribution is -2.59. The largest absolute Gasteiger partial charge is 0.481 e. The van der Waals surface area contributed by atoms with Crippen molar-refractivity contribution in [1.29, 1.82) is 0 Å². The fourth-order valence-corrected chi connectivity index (χ4v) is 9.49. The first-order chi connectivity index (χ1) is 12.5. The predicted octanol–water partition coefficient (Wildman–Crippen LogP) is 6.16. The molecule has 0 aliphatic heterocycles. The Morgan fingerprint density at radius 1 is 1.00 bits per heavy atom. The van der Waals surface area contributed by atoms with E-state index in [1.165, 1.54) is 18.9 Å². The van der Waals surface area contributed by atoms with Crippen molar-refractivity contribution in [1.82, 2.24) is 0 Å². The molecule has 0 saturated carbocycles. The minimum atomic E-state index is -2.08. The summed E-state index contributed by atoms with van der Waals surface area (Å²) in [5.74, 6) is -2.88. The van der Waals surface area contributed by atoms with Crippen molar-refractivity contribution in [2.45, 2.75) is 116 Å². The fourth-order valence-electron chi connectivity index (χ4n) is 3.45. The number of unbranched alkanes of at least 4 members (excludes halogenated alkanes) is 1. The molecule has 0 aromatic carbocycles. The summed E-state index contributed by atoms with van der Waals surface area (Å²) in [6, 6.07) is 1.26. The molecule has 0 spiro atoms. The number of hydrogen-bond donors (Lipinski definition) is 2. The van der Waals surface area contributed by atoms with Crippen molar-refractivity contribution in [3.8, 4) is 0 Å². The monoisotopic (exact) mass is 432 g/mol. The van der Waals surface area contributed by atoms with Crippen LogP contribution >= 0.6 is 0 Å². The number of hydrogen-bond acceptors (Lipinski definition) is 3. The normalized spacial score (nSPS) is 14.8. The lowest BCUT2D eigenvalue weighted by molar-refractivity contribution is -0.148. The van der Waals surface area contributed by atoms with Crippen LogP contribution in [-0.4, -0.2) is 43.8 Å². The molecule has 166 valence electrons. The van der Waals surface area contributed by atoms with E-state index < -0.39 is 34.2 Å². The Morgan fingerprint density at radius 3 is 1.96 bits per heavy atom. The van der Waals surface area contributed by atoms with Gasteiger partial charge in [-0.1, -0.05) is 59.2 Å². The molecule has 0 aromatic heterocycles. The molecule has 0 heterocycles. The van der Waals surface area contributed by atoms with Gasteiger partial charge in [0, 0.05) is 5.22 Å². The highest BCUT2D eigenvalue weighted by atomic mass is 28.4. The van der Waals surface area contributed by atoms with E-state index in [0.29, 0.717) is 12.8 Å². The molecule has 0 fully saturated rings. The Balaban J connectivity index is 5.07. The van der Waals surface area contributed by atoms with Crippen LogP contribution in [0.4, 0.5) is 0 Å². The van der Waals surface area contributed by atoms with Gasteiger partial charge in [0.2, 0.25) is 0 Å². The van der Waals surface area contributed by atoms with Crippen molar-refractivity contribution in [3.05, 3.63) is 0 Å². The Hall–Kier alpha value is -0.666. The summed E-state index contributed by atoms with van der Waals surface area (Å²) in [5.41, 5.74) is 0. The van der Waals surface area contributed by atoms with E-state index in [0.717, 1.165) is 6.42 Å². The van der Waals surface area contributed by atoms with E-state index in [1.54, 1.807) is 0 Å². The van der Waals surface area contributed by atoms with Gasteiger partial charge < -0.3 is 14.6 Å². The van der Waals surface area contributed by atoms with Crippen molar-refractivity contribution in [3.63, 3.8) is 0 Å². The molecule has 1 unspecified atom stereocenters. The molecule has 5 nitrogen and oxygen atoms in total. The number of carboxylic acids is 2. The highest BCUT2D eigenvalue weighted by molar-refractivity contribution is 6.82. The Labute approximate surface area is 174 Å². The first kappa shape index (κ1) is 27.3. The van der Waals surface area contributed by atoms with E-state index in [4.69, 9.17) is 9.53 Å². The van der Waals surface area contributed by atoms with E-state index in [9.17, 15) is 14.7 Å². The van der Waals surface area contributed by atoms with Gasteiger partial charge in [0.15, 0.2) is 8.32 Å². The third kappa shape index (κ3) is 7.99. The lowest BCUT2D eigenvalue weighted by atomic mass is 9.95. The third-order valence-corrected chi connectivity index (χ3v) is 16.7.